The lowest BCUT2D eigenvalue weighted by Crippen LogP contribution is -2.55. The molecular formula is C24H34F6O3. The van der Waals surface area contributed by atoms with E-state index in [1.807, 2.05) is 12.8 Å². The Kier molecular flexibility index (Phi) is 7.69. The van der Waals surface area contributed by atoms with Gasteiger partial charge in [0.2, 0.25) is 0 Å². The minimum Gasteiger partial charge on any atom is -0.390 e. The molecule has 0 aliphatic heterocycles. The molecule has 0 radical (unpaired) electrons. The quantitative estimate of drug-likeness (QED) is 0.361. The van der Waals surface area contributed by atoms with E-state index >= 15 is 0 Å². The van der Waals surface area contributed by atoms with Crippen molar-refractivity contribution in [2.75, 3.05) is 0 Å². The summed E-state index contributed by atoms with van der Waals surface area (Å²) in [5, 5.41) is 19.5. The zero-order valence-corrected chi connectivity index (χ0v) is 19.6. The molecule has 2 N–H and O–H groups in total. The highest BCUT2D eigenvalue weighted by Crippen LogP contribution is 2.61. The number of aliphatic hydroxyl groups is 2. The van der Waals surface area contributed by atoms with E-state index in [2.05, 4.69) is 0 Å². The van der Waals surface area contributed by atoms with Crippen LogP contribution in [0.15, 0.2) is 0 Å². The smallest absolute Gasteiger partial charge is 0.390 e. The van der Waals surface area contributed by atoms with Crippen molar-refractivity contribution in [1.29, 1.82) is 0 Å². The molecule has 33 heavy (non-hydrogen) atoms. The van der Waals surface area contributed by atoms with Gasteiger partial charge in [-0.2, -0.15) is 26.3 Å². The van der Waals surface area contributed by atoms with Gasteiger partial charge in [-0.3, -0.25) is 4.79 Å². The van der Waals surface area contributed by atoms with Gasteiger partial charge in [0, 0.05) is 18.8 Å². The fourth-order valence-corrected chi connectivity index (χ4v) is 6.06. The molecule has 0 amide bonds. The molecule has 0 aromatic carbocycles. The van der Waals surface area contributed by atoms with E-state index in [4.69, 9.17) is 0 Å². The maximum Gasteiger partial charge on any atom is 0.438 e. The van der Waals surface area contributed by atoms with E-state index in [-0.39, 0.29) is 24.0 Å². The first kappa shape index (κ1) is 28.0. The number of alkyl halides is 6. The molecule has 2 unspecified atom stereocenters. The second kappa shape index (κ2) is 9.07. The van der Waals surface area contributed by atoms with Crippen LogP contribution in [0.25, 0.3) is 0 Å². The summed E-state index contributed by atoms with van der Waals surface area (Å²) in [5.41, 5.74) is -7.25. The summed E-state index contributed by atoms with van der Waals surface area (Å²) in [7, 11) is 0. The Bertz CT molecular complexity index is 771. The SMILES string of the molecule is CC(C)(O)CCC[C@@](C)(CC#CC(O)(C(F)(F)F)C(F)(F)F)C1CCC2C(=O)CCC[C@@]21C. The first-order valence-electron chi connectivity index (χ1n) is 11.4. The Balaban J connectivity index is 2.39. The maximum atomic E-state index is 13.0. The summed E-state index contributed by atoms with van der Waals surface area (Å²) < 4.78 is 78.3. The molecule has 3 nitrogen and oxygen atoms in total. The van der Waals surface area contributed by atoms with Crippen molar-refractivity contribution in [1.82, 2.24) is 0 Å². The van der Waals surface area contributed by atoms with Crippen molar-refractivity contribution in [3.05, 3.63) is 0 Å². The molecule has 0 bridgehead atoms. The second-order valence-electron chi connectivity index (χ2n) is 11.0. The zero-order valence-electron chi connectivity index (χ0n) is 19.6. The Morgan fingerprint density at radius 3 is 2.09 bits per heavy atom. The number of hydrogen-bond acceptors (Lipinski definition) is 3. The average molecular weight is 485 g/mol. The number of carbonyl (C=O) groups excluding carboxylic acids is 1. The molecular weight excluding hydrogens is 450 g/mol. The lowest BCUT2D eigenvalue weighted by atomic mass is 9.56. The Morgan fingerprint density at radius 1 is 1.00 bits per heavy atom. The van der Waals surface area contributed by atoms with E-state index < -0.39 is 34.4 Å². The van der Waals surface area contributed by atoms with Crippen LogP contribution in [0.4, 0.5) is 26.3 Å². The first-order chi connectivity index (χ1) is 14.8. The number of hydrogen-bond donors (Lipinski definition) is 2. The molecule has 0 heterocycles. The molecule has 2 saturated carbocycles. The van der Waals surface area contributed by atoms with Crippen LogP contribution in [-0.4, -0.2) is 39.6 Å². The molecule has 9 heteroatoms. The molecule has 2 aliphatic rings. The third-order valence-corrected chi connectivity index (χ3v) is 7.82. The van der Waals surface area contributed by atoms with E-state index in [1.54, 1.807) is 20.8 Å². The minimum atomic E-state index is -5.99. The predicted molar refractivity (Wildman–Crippen MR) is 111 cm³/mol. The lowest BCUT2D eigenvalue weighted by molar-refractivity contribution is -0.343. The third-order valence-electron chi connectivity index (χ3n) is 7.82. The second-order valence-corrected chi connectivity index (χ2v) is 11.0. The fourth-order valence-electron chi connectivity index (χ4n) is 6.06. The highest BCUT2D eigenvalue weighted by molar-refractivity contribution is 5.83. The molecule has 4 atom stereocenters. The van der Waals surface area contributed by atoms with Crippen molar-refractivity contribution >= 4 is 5.78 Å². The van der Waals surface area contributed by atoms with Gasteiger partial charge in [-0.1, -0.05) is 26.2 Å². The van der Waals surface area contributed by atoms with Crippen LogP contribution in [0.2, 0.25) is 0 Å². The number of halogens is 6. The number of fused-ring (bicyclic) bond motifs is 1. The van der Waals surface area contributed by atoms with E-state index in [0.29, 0.717) is 44.9 Å². The minimum absolute atomic E-state index is 0.125. The van der Waals surface area contributed by atoms with Crippen LogP contribution in [-0.2, 0) is 4.79 Å². The van der Waals surface area contributed by atoms with E-state index in [0.717, 1.165) is 12.3 Å². The summed E-state index contributed by atoms with van der Waals surface area (Å²) in [5.74, 6) is 3.01. The normalized spacial score (nSPS) is 28.7. The number of carbonyl (C=O) groups is 1. The maximum absolute atomic E-state index is 13.0. The largest absolute Gasteiger partial charge is 0.438 e. The molecule has 0 spiro atoms. The van der Waals surface area contributed by atoms with Gasteiger partial charge < -0.3 is 10.2 Å². The molecule has 2 aliphatic carbocycles. The molecule has 0 aromatic rings. The van der Waals surface area contributed by atoms with Gasteiger partial charge in [0.05, 0.1) is 5.60 Å². The number of Topliss-reactive ketones (excluding diaryl/α,β-unsaturated/α-hetero) is 1. The van der Waals surface area contributed by atoms with Gasteiger partial charge in [-0.05, 0) is 75.0 Å². The Labute approximate surface area is 191 Å². The van der Waals surface area contributed by atoms with Gasteiger partial charge in [0.25, 0.3) is 0 Å². The molecule has 2 fully saturated rings. The van der Waals surface area contributed by atoms with E-state index in [1.165, 1.54) is 0 Å². The van der Waals surface area contributed by atoms with Crippen LogP contribution in [0.3, 0.4) is 0 Å². The van der Waals surface area contributed by atoms with Crippen molar-refractivity contribution in [3.8, 4) is 11.8 Å². The summed E-state index contributed by atoms with van der Waals surface area (Å²) in [6.07, 6.45) is -7.71. The molecule has 2 rings (SSSR count). The van der Waals surface area contributed by atoms with Crippen molar-refractivity contribution in [2.45, 2.75) is 109 Å². The predicted octanol–water partition coefficient (Wildman–Crippen LogP) is 5.97. The summed E-state index contributed by atoms with van der Waals surface area (Å²) in [6.45, 7) is 7.05. The van der Waals surface area contributed by atoms with Gasteiger partial charge in [0.1, 0.15) is 5.78 Å². The van der Waals surface area contributed by atoms with Crippen molar-refractivity contribution in [3.63, 3.8) is 0 Å². The van der Waals surface area contributed by atoms with E-state index in [9.17, 15) is 41.4 Å². The zero-order chi connectivity index (χ0) is 25.5. The first-order valence-corrected chi connectivity index (χ1v) is 11.4. The van der Waals surface area contributed by atoms with Gasteiger partial charge >= 0.3 is 18.0 Å². The number of rotatable bonds is 6. The van der Waals surface area contributed by atoms with Crippen LogP contribution in [0.5, 0.6) is 0 Å². The molecule has 0 aromatic heterocycles. The topological polar surface area (TPSA) is 57.5 Å². The summed E-state index contributed by atoms with van der Waals surface area (Å²) in [6, 6.07) is 0. The van der Waals surface area contributed by atoms with Gasteiger partial charge in [-0.15, -0.1) is 0 Å². The molecule has 190 valence electrons. The highest BCUT2D eigenvalue weighted by Gasteiger charge is 2.70. The van der Waals surface area contributed by atoms with Crippen LogP contribution >= 0.6 is 0 Å². The highest BCUT2D eigenvalue weighted by atomic mass is 19.4. The third kappa shape index (κ3) is 5.70. The Hall–Kier alpha value is -1.27. The van der Waals surface area contributed by atoms with Crippen LogP contribution < -0.4 is 0 Å². The standard InChI is InChI=1S/C24H34F6O3/c1-19(2,32)11-6-12-20(3,13-7-15-22(33,23(25,26)27)24(28,29)30)18-10-9-16-17(31)8-5-14-21(16,18)4/h16,18,32-33H,5-6,8-14H2,1-4H3/t16?,18?,20-,21-/m0/s1. The fraction of sp³-hybridized carbons (Fsp3) is 0.875. The summed E-state index contributed by atoms with van der Waals surface area (Å²) >= 11 is 0. The van der Waals surface area contributed by atoms with Crippen molar-refractivity contribution < 1.29 is 41.4 Å². The van der Waals surface area contributed by atoms with Crippen LogP contribution in [0, 0.1) is 34.5 Å². The van der Waals surface area contributed by atoms with Gasteiger partial charge in [-0.25, -0.2) is 0 Å². The average Bonchev–Trinajstić information content (AvgIpc) is 2.97. The summed E-state index contributed by atoms with van der Waals surface area (Å²) in [4.78, 5) is 12.5. The monoisotopic (exact) mass is 484 g/mol. The Morgan fingerprint density at radius 2 is 1.58 bits per heavy atom. The van der Waals surface area contributed by atoms with Crippen molar-refractivity contribution in [2.24, 2.45) is 22.7 Å². The molecule has 0 saturated heterocycles. The van der Waals surface area contributed by atoms with Gasteiger partial charge in [0.15, 0.2) is 0 Å². The lowest BCUT2D eigenvalue weighted by Gasteiger charge is -2.48. The number of ketones is 1. The van der Waals surface area contributed by atoms with Crippen LogP contribution in [0.1, 0.15) is 85.5 Å².